The lowest BCUT2D eigenvalue weighted by Gasteiger charge is -2.23. The van der Waals surface area contributed by atoms with E-state index in [9.17, 15) is 4.79 Å². The van der Waals surface area contributed by atoms with Gasteiger partial charge in [0.25, 0.3) is 0 Å². The van der Waals surface area contributed by atoms with Gasteiger partial charge in [0, 0.05) is 29.3 Å². The number of likely N-dealkylation sites (N-methyl/N-ethyl adjacent to an activating group) is 1. The van der Waals surface area contributed by atoms with Crippen molar-refractivity contribution in [3.63, 3.8) is 0 Å². The van der Waals surface area contributed by atoms with Crippen LogP contribution < -0.4 is 5.32 Å². The molecule has 1 amide bonds. The molecule has 0 radical (unpaired) electrons. The zero-order valence-corrected chi connectivity index (χ0v) is 15.9. The number of amides is 1. The number of hydrogen-bond donors (Lipinski definition) is 1. The third-order valence-corrected chi connectivity index (χ3v) is 4.56. The van der Waals surface area contributed by atoms with Crippen LogP contribution in [0.1, 0.15) is 5.56 Å². The van der Waals surface area contributed by atoms with Crippen LogP contribution in [-0.2, 0) is 17.8 Å². The average Bonchev–Trinajstić information content (AvgIpc) is 2.97. The van der Waals surface area contributed by atoms with Gasteiger partial charge in [0.15, 0.2) is 0 Å². The summed E-state index contributed by atoms with van der Waals surface area (Å²) >= 11 is 6.10. The van der Waals surface area contributed by atoms with Gasteiger partial charge >= 0.3 is 0 Å². The molecule has 0 aliphatic heterocycles. The van der Waals surface area contributed by atoms with Crippen molar-refractivity contribution in [1.82, 2.24) is 14.8 Å². The standard InChI is InChI=1S/C21H24ClN3O/c1-24(2)14-19(12-16-6-4-3-5-7-16)23-21(26)15-25-11-10-17-8-9-18(22)13-20(17)25/h3-11,13,19H,12,14-15H2,1-2H3,(H,23,26). The van der Waals surface area contributed by atoms with Gasteiger partial charge in [-0.05, 0) is 49.7 Å². The molecule has 4 nitrogen and oxygen atoms in total. The van der Waals surface area contributed by atoms with E-state index in [0.29, 0.717) is 5.02 Å². The predicted molar refractivity (Wildman–Crippen MR) is 108 cm³/mol. The Labute approximate surface area is 159 Å². The highest BCUT2D eigenvalue weighted by Crippen LogP contribution is 2.20. The molecule has 0 saturated heterocycles. The lowest BCUT2D eigenvalue weighted by molar-refractivity contribution is -0.122. The van der Waals surface area contributed by atoms with E-state index in [0.717, 1.165) is 23.9 Å². The number of halogens is 1. The van der Waals surface area contributed by atoms with Crippen molar-refractivity contribution in [3.05, 3.63) is 71.4 Å². The van der Waals surface area contributed by atoms with Crippen molar-refractivity contribution in [2.24, 2.45) is 0 Å². The van der Waals surface area contributed by atoms with E-state index >= 15 is 0 Å². The SMILES string of the molecule is CN(C)CC(Cc1ccccc1)NC(=O)Cn1ccc2ccc(Cl)cc21. The molecule has 136 valence electrons. The molecule has 2 aromatic carbocycles. The molecule has 0 aliphatic rings. The quantitative estimate of drug-likeness (QED) is 0.691. The minimum Gasteiger partial charge on any atom is -0.350 e. The van der Waals surface area contributed by atoms with Gasteiger partial charge in [0.2, 0.25) is 5.91 Å². The topological polar surface area (TPSA) is 37.3 Å². The second-order valence-electron chi connectivity index (χ2n) is 6.86. The molecule has 0 spiro atoms. The normalized spacial score (nSPS) is 12.5. The Balaban J connectivity index is 1.69. The van der Waals surface area contributed by atoms with Gasteiger partial charge in [0.05, 0.1) is 0 Å². The Morgan fingerprint density at radius 2 is 1.92 bits per heavy atom. The maximum atomic E-state index is 12.6. The van der Waals surface area contributed by atoms with E-state index in [1.165, 1.54) is 5.56 Å². The summed E-state index contributed by atoms with van der Waals surface area (Å²) < 4.78 is 1.94. The zero-order chi connectivity index (χ0) is 18.5. The van der Waals surface area contributed by atoms with Gasteiger partial charge < -0.3 is 14.8 Å². The number of nitrogens with one attached hydrogen (secondary N) is 1. The van der Waals surface area contributed by atoms with Crippen LogP contribution in [0, 0.1) is 0 Å². The van der Waals surface area contributed by atoms with Crippen molar-refractivity contribution < 1.29 is 4.79 Å². The molecule has 0 bridgehead atoms. The lowest BCUT2D eigenvalue weighted by atomic mass is 10.1. The van der Waals surface area contributed by atoms with Crippen molar-refractivity contribution in [1.29, 1.82) is 0 Å². The van der Waals surface area contributed by atoms with Crippen LogP contribution in [0.25, 0.3) is 10.9 Å². The molecule has 26 heavy (non-hydrogen) atoms. The molecule has 0 saturated carbocycles. The minimum atomic E-state index is 0.00487. The highest BCUT2D eigenvalue weighted by Gasteiger charge is 2.15. The van der Waals surface area contributed by atoms with Crippen LogP contribution in [-0.4, -0.2) is 42.1 Å². The third-order valence-electron chi connectivity index (χ3n) is 4.33. The van der Waals surface area contributed by atoms with Crippen molar-refractivity contribution in [2.75, 3.05) is 20.6 Å². The zero-order valence-electron chi connectivity index (χ0n) is 15.2. The number of aromatic nitrogens is 1. The molecule has 1 unspecified atom stereocenters. The monoisotopic (exact) mass is 369 g/mol. The van der Waals surface area contributed by atoms with Crippen molar-refractivity contribution >= 4 is 28.4 Å². The highest BCUT2D eigenvalue weighted by atomic mass is 35.5. The number of rotatable bonds is 7. The fourth-order valence-electron chi connectivity index (χ4n) is 3.22. The number of hydrogen-bond acceptors (Lipinski definition) is 2. The van der Waals surface area contributed by atoms with Gasteiger partial charge in [-0.1, -0.05) is 48.0 Å². The first-order valence-electron chi connectivity index (χ1n) is 8.73. The Bertz CT molecular complexity index is 873. The molecule has 1 N–H and O–H groups in total. The molecule has 3 aromatic rings. The lowest BCUT2D eigenvalue weighted by Crippen LogP contribution is -2.44. The summed E-state index contributed by atoms with van der Waals surface area (Å²) in [4.78, 5) is 14.7. The van der Waals surface area contributed by atoms with Gasteiger partial charge in [0.1, 0.15) is 6.54 Å². The Morgan fingerprint density at radius 3 is 2.65 bits per heavy atom. The molecule has 3 rings (SSSR count). The van der Waals surface area contributed by atoms with Crippen LogP contribution >= 0.6 is 11.6 Å². The summed E-state index contributed by atoms with van der Waals surface area (Å²) in [5.41, 5.74) is 2.19. The van der Waals surface area contributed by atoms with Gasteiger partial charge in [-0.3, -0.25) is 4.79 Å². The summed E-state index contributed by atoms with van der Waals surface area (Å²) in [5.74, 6) is 0.00487. The average molecular weight is 370 g/mol. The molecule has 0 aliphatic carbocycles. The first-order valence-corrected chi connectivity index (χ1v) is 9.11. The maximum absolute atomic E-state index is 12.6. The van der Waals surface area contributed by atoms with E-state index in [1.54, 1.807) is 0 Å². The van der Waals surface area contributed by atoms with E-state index < -0.39 is 0 Å². The number of benzene rings is 2. The van der Waals surface area contributed by atoms with Crippen molar-refractivity contribution in [3.8, 4) is 0 Å². The molecule has 1 atom stereocenters. The first-order chi connectivity index (χ1) is 12.5. The number of carbonyl (C=O) groups excluding carboxylic acids is 1. The van der Waals surface area contributed by atoms with E-state index in [1.807, 2.05) is 67.3 Å². The van der Waals surface area contributed by atoms with Crippen LogP contribution in [0.4, 0.5) is 0 Å². The van der Waals surface area contributed by atoms with E-state index in [4.69, 9.17) is 11.6 Å². The molecular formula is C21H24ClN3O. The minimum absolute atomic E-state index is 0.00487. The summed E-state index contributed by atoms with van der Waals surface area (Å²) in [6.45, 7) is 1.07. The Hall–Kier alpha value is -2.30. The fraction of sp³-hybridized carbons (Fsp3) is 0.286. The molecule has 0 fully saturated rings. The Morgan fingerprint density at radius 1 is 1.15 bits per heavy atom. The second-order valence-corrected chi connectivity index (χ2v) is 7.30. The summed E-state index contributed by atoms with van der Waals surface area (Å²) in [7, 11) is 4.04. The maximum Gasteiger partial charge on any atom is 0.240 e. The van der Waals surface area contributed by atoms with Crippen LogP contribution in [0.5, 0.6) is 0 Å². The van der Waals surface area contributed by atoms with E-state index in [2.05, 4.69) is 22.3 Å². The number of nitrogens with zero attached hydrogens (tertiary/aromatic N) is 2. The summed E-state index contributed by atoms with van der Waals surface area (Å²) in [5, 5.41) is 4.93. The van der Waals surface area contributed by atoms with Crippen LogP contribution in [0.15, 0.2) is 60.8 Å². The fourth-order valence-corrected chi connectivity index (χ4v) is 3.39. The first kappa shape index (κ1) is 18.5. The highest BCUT2D eigenvalue weighted by molar-refractivity contribution is 6.31. The summed E-state index contributed by atoms with van der Waals surface area (Å²) in [6.07, 6.45) is 2.74. The van der Waals surface area contributed by atoms with Gasteiger partial charge in [-0.15, -0.1) is 0 Å². The van der Waals surface area contributed by atoms with Crippen LogP contribution in [0.2, 0.25) is 5.02 Å². The van der Waals surface area contributed by atoms with Crippen molar-refractivity contribution in [2.45, 2.75) is 19.0 Å². The molecule has 1 heterocycles. The third kappa shape index (κ3) is 4.87. The molecule has 5 heteroatoms. The smallest absolute Gasteiger partial charge is 0.240 e. The van der Waals surface area contributed by atoms with Gasteiger partial charge in [-0.2, -0.15) is 0 Å². The largest absolute Gasteiger partial charge is 0.350 e. The van der Waals surface area contributed by atoms with E-state index in [-0.39, 0.29) is 18.5 Å². The molecular weight excluding hydrogens is 346 g/mol. The number of carbonyl (C=O) groups is 1. The Kier molecular flexibility index (Phi) is 5.96. The number of fused-ring (bicyclic) bond motifs is 1. The van der Waals surface area contributed by atoms with Crippen LogP contribution in [0.3, 0.4) is 0 Å². The second kappa shape index (κ2) is 8.39. The van der Waals surface area contributed by atoms with Gasteiger partial charge in [-0.25, -0.2) is 0 Å². The predicted octanol–water partition coefficient (Wildman–Crippen LogP) is 3.58. The summed E-state index contributed by atoms with van der Waals surface area (Å²) in [6, 6.07) is 18.0. The molecule has 1 aromatic heterocycles.